The van der Waals surface area contributed by atoms with Crippen LogP contribution in [0.4, 0.5) is 29.9 Å². The highest BCUT2D eigenvalue weighted by atomic mass is 19.4. The van der Waals surface area contributed by atoms with Crippen LogP contribution in [-0.4, -0.2) is 45.8 Å². The van der Waals surface area contributed by atoms with E-state index in [-0.39, 0.29) is 46.8 Å². The number of carbonyl (C=O) groups excluding carboxylic acids is 1. The minimum atomic E-state index is -4.63. The number of nitrogens with one attached hydrogen (secondary N) is 2. The van der Waals surface area contributed by atoms with Gasteiger partial charge in [0.15, 0.2) is 0 Å². The fraction of sp³-hybridized carbons (Fsp3) is 0.435. The minimum absolute atomic E-state index is 0.129. The summed E-state index contributed by atoms with van der Waals surface area (Å²) in [6.45, 7) is 3.79. The van der Waals surface area contributed by atoms with Gasteiger partial charge >= 0.3 is 12.3 Å². The van der Waals surface area contributed by atoms with Crippen molar-refractivity contribution in [3.8, 4) is 5.75 Å². The third-order valence-corrected chi connectivity index (χ3v) is 6.47. The van der Waals surface area contributed by atoms with E-state index < -0.39 is 28.9 Å². The lowest BCUT2D eigenvalue weighted by molar-refractivity contribution is -0.138. The van der Waals surface area contributed by atoms with E-state index in [2.05, 4.69) is 25.3 Å². The molecule has 0 radical (unpaired) electrons. The molecule has 1 aliphatic heterocycles. The first-order valence-corrected chi connectivity index (χ1v) is 11.3. The van der Waals surface area contributed by atoms with Gasteiger partial charge in [-0.25, -0.2) is 9.69 Å². The van der Waals surface area contributed by atoms with Crippen LogP contribution >= 0.6 is 0 Å². The summed E-state index contributed by atoms with van der Waals surface area (Å²) in [5.41, 5.74) is -1.77. The van der Waals surface area contributed by atoms with Gasteiger partial charge in [-0.1, -0.05) is 6.92 Å². The third-order valence-electron chi connectivity index (χ3n) is 6.47. The largest absolute Gasteiger partial charge is 0.496 e. The summed E-state index contributed by atoms with van der Waals surface area (Å²) >= 11 is 0. The second-order valence-corrected chi connectivity index (χ2v) is 8.87. The van der Waals surface area contributed by atoms with E-state index in [0.717, 1.165) is 19.2 Å². The Labute approximate surface area is 202 Å². The highest BCUT2D eigenvalue weighted by Crippen LogP contribution is 2.47. The van der Waals surface area contributed by atoms with Crippen molar-refractivity contribution in [1.29, 1.82) is 0 Å². The smallest absolute Gasteiger partial charge is 0.419 e. The van der Waals surface area contributed by atoms with Gasteiger partial charge in [0.1, 0.15) is 18.2 Å². The molecule has 0 spiro atoms. The Balaban J connectivity index is 1.53. The maximum atomic E-state index is 13.5. The molecule has 3 aromatic rings. The number of amides is 1. The number of aryl methyl sites for hydroxylation is 1. The molecule has 2 aromatic heterocycles. The number of hydrogen-bond donors (Lipinski definition) is 2. The number of H-pyrrole nitrogens is 1. The number of alkyl halides is 3. The van der Waals surface area contributed by atoms with Crippen molar-refractivity contribution in [1.82, 2.24) is 19.9 Å². The second kappa shape index (κ2) is 8.35. The molecule has 0 unspecified atom stereocenters. The molecule has 1 atom stereocenters. The number of aromatic nitrogens is 4. The summed E-state index contributed by atoms with van der Waals surface area (Å²) in [5.74, 6) is 0.248. The van der Waals surface area contributed by atoms with E-state index >= 15 is 0 Å². The van der Waals surface area contributed by atoms with E-state index in [4.69, 9.17) is 9.47 Å². The fourth-order valence-electron chi connectivity index (χ4n) is 4.42. The highest BCUT2D eigenvalue weighted by Gasteiger charge is 2.47. The molecule has 1 aromatic carbocycles. The molecule has 10 nitrogen and oxygen atoms in total. The number of benzene rings is 1. The molecule has 2 aliphatic rings. The van der Waals surface area contributed by atoms with Crippen molar-refractivity contribution in [2.45, 2.75) is 50.9 Å². The SMILES string of the molecule is CC[C@H]1COC(=O)N1c1nc(C)nc(NC2(c3cc4cc(C(F)(F)F)c(OC)cc4[nH]c3=O)CC2)n1. The molecular weight excluding hydrogens is 481 g/mol. The van der Waals surface area contributed by atoms with Gasteiger partial charge in [0.25, 0.3) is 5.56 Å². The number of aromatic amines is 1. The van der Waals surface area contributed by atoms with E-state index in [9.17, 15) is 22.8 Å². The molecule has 3 heterocycles. The van der Waals surface area contributed by atoms with Crippen molar-refractivity contribution in [2.24, 2.45) is 0 Å². The lowest BCUT2D eigenvalue weighted by Gasteiger charge is -2.21. The standard InChI is InChI=1S/C23H23F3N6O4/c1-4-13-10-36-21(34)32(13)20-28-11(2)27-19(30-20)31-22(5-6-22)15-8-12-7-14(23(24,25)26)17(35-3)9-16(12)29-18(15)33/h7-9,13H,4-6,10H2,1-3H3,(H,29,33)(H,27,28,30,31)/t13-/m0/s1. The zero-order valence-electron chi connectivity index (χ0n) is 19.7. The topological polar surface area (TPSA) is 122 Å². The number of rotatable bonds is 6. The van der Waals surface area contributed by atoms with Crippen LogP contribution in [0.1, 0.15) is 43.1 Å². The van der Waals surface area contributed by atoms with Gasteiger partial charge in [-0.3, -0.25) is 4.79 Å². The normalized spacial score (nSPS) is 18.9. The van der Waals surface area contributed by atoms with Crippen molar-refractivity contribution in [2.75, 3.05) is 23.9 Å². The van der Waals surface area contributed by atoms with Crippen molar-refractivity contribution in [3.63, 3.8) is 0 Å². The molecule has 13 heteroatoms. The van der Waals surface area contributed by atoms with Crippen LogP contribution in [0.15, 0.2) is 23.0 Å². The number of cyclic esters (lactones) is 1. The number of hydrogen-bond acceptors (Lipinski definition) is 8. The Kier molecular flexibility index (Phi) is 5.52. The Hall–Kier alpha value is -3.90. The number of nitrogens with zero attached hydrogens (tertiary/aromatic N) is 4. The summed E-state index contributed by atoms with van der Waals surface area (Å²) in [5, 5.41) is 3.38. The Morgan fingerprint density at radius 2 is 1.97 bits per heavy atom. The van der Waals surface area contributed by atoms with E-state index in [0.29, 0.717) is 25.1 Å². The number of anilines is 2. The van der Waals surface area contributed by atoms with Crippen molar-refractivity contribution < 1.29 is 27.4 Å². The minimum Gasteiger partial charge on any atom is -0.496 e. The third kappa shape index (κ3) is 4.07. The first-order chi connectivity index (χ1) is 17.0. The molecule has 5 rings (SSSR count). The molecule has 2 fully saturated rings. The highest BCUT2D eigenvalue weighted by molar-refractivity contribution is 5.88. The number of carbonyl (C=O) groups is 1. The number of methoxy groups -OCH3 is 1. The van der Waals surface area contributed by atoms with Crippen LogP contribution in [-0.2, 0) is 16.5 Å². The van der Waals surface area contributed by atoms with Gasteiger partial charge in [0.05, 0.1) is 29.8 Å². The molecule has 190 valence electrons. The lowest BCUT2D eigenvalue weighted by atomic mass is 10.0. The molecule has 1 saturated carbocycles. The van der Waals surface area contributed by atoms with Crippen LogP contribution in [0.25, 0.3) is 10.9 Å². The van der Waals surface area contributed by atoms with Gasteiger partial charge in [-0.2, -0.15) is 28.1 Å². The zero-order chi connectivity index (χ0) is 25.8. The van der Waals surface area contributed by atoms with Gasteiger partial charge in [-0.05, 0) is 43.7 Å². The van der Waals surface area contributed by atoms with Crippen LogP contribution < -0.4 is 20.5 Å². The summed E-state index contributed by atoms with van der Waals surface area (Å²) in [7, 11) is 1.14. The van der Waals surface area contributed by atoms with Crippen LogP contribution in [0.3, 0.4) is 0 Å². The van der Waals surface area contributed by atoms with Crippen LogP contribution in [0.2, 0.25) is 0 Å². The van der Waals surface area contributed by atoms with Gasteiger partial charge in [-0.15, -0.1) is 0 Å². The number of fused-ring (bicyclic) bond motifs is 1. The summed E-state index contributed by atoms with van der Waals surface area (Å²) < 4.78 is 50.6. The predicted molar refractivity (Wildman–Crippen MR) is 123 cm³/mol. The predicted octanol–water partition coefficient (Wildman–Crippen LogP) is 3.89. The average Bonchev–Trinajstić information content (AvgIpc) is 3.48. The monoisotopic (exact) mass is 504 g/mol. The van der Waals surface area contributed by atoms with E-state index in [1.807, 2.05) is 6.92 Å². The molecule has 1 aliphatic carbocycles. The van der Waals surface area contributed by atoms with Crippen LogP contribution in [0, 0.1) is 6.92 Å². The lowest BCUT2D eigenvalue weighted by Crippen LogP contribution is -2.35. The molecule has 36 heavy (non-hydrogen) atoms. The maximum absolute atomic E-state index is 13.5. The number of pyridine rings is 1. The van der Waals surface area contributed by atoms with Gasteiger partial charge in [0, 0.05) is 11.6 Å². The van der Waals surface area contributed by atoms with Gasteiger partial charge in [0.2, 0.25) is 11.9 Å². The Morgan fingerprint density at radius 1 is 1.22 bits per heavy atom. The fourth-order valence-corrected chi connectivity index (χ4v) is 4.42. The molecule has 0 bridgehead atoms. The molecule has 1 amide bonds. The molecule has 1 saturated heterocycles. The van der Waals surface area contributed by atoms with Crippen LogP contribution in [0.5, 0.6) is 5.75 Å². The molecule has 2 N–H and O–H groups in total. The summed E-state index contributed by atoms with van der Waals surface area (Å²) in [6, 6.07) is 3.35. The number of ether oxygens (including phenoxy) is 2. The van der Waals surface area contributed by atoms with Gasteiger partial charge < -0.3 is 19.8 Å². The summed E-state index contributed by atoms with van der Waals surface area (Å²) in [4.78, 5) is 42.2. The quantitative estimate of drug-likeness (QED) is 0.519. The summed E-state index contributed by atoms with van der Waals surface area (Å²) in [6.07, 6.45) is -3.47. The first kappa shape index (κ1) is 23.8. The second-order valence-electron chi connectivity index (χ2n) is 8.87. The average molecular weight is 504 g/mol. The Bertz CT molecular complexity index is 1420. The zero-order valence-corrected chi connectivity index (χ0v) is 19.7. The molecular formula is C23H23F3N6O4. The number of halogens is 3. The Morgan fingerprint density at radius 3 is 2.61 bits per heavy atom. The van der Waals surface area contributed by atoms with Crippen molar-refractivity contribution in [3.05, 3.63) is 45.5 Å². The maximum Gasteiger partial charge on any atom is 0.419 e. The van der Waals surface area contributed by atoms with E-state index in [1.54, 1.807) is 6.92 Å². The van der Waals surface area contributed by atoms with Crippen molar-refractivity contribution >= 4 is 28.9 Å². The first-order valence-electron chi connectivity index (χ1n) is 11.3. The van der Waals surface area contributed by atoms with E-state index in [1.165, 1.54) is 11.0 Å².